The van der Waals surface area contributed by atoms with E-state index in [0.717, 1.165) is 29.6 Å². The number of aromatic nitrogens is 2. The van der Waals surface area contributed by atoms with Gasteiger partial charge in [0.05, 0.1) is 20.8 Å². The standard InChI is InChI=1S/C23H29N5O2/c1-24-23(27(2)17-20-9-10-21(29-3)14-22(20)30-4)25-15-18-7-5-8-19(13-18)16-28-12-6-11-26-28/h5-14H,15-17H2,1-4H3,(H,24,25). The van der Waals surface area contributed by atoms with E-state index >= 15 is 0 Å². The molecule has 3 aromatic rings. The van der Waals surface area contributed by atoms with E-state index in [4.69, 9.17) is 9.47 Å². The van der Waals surface area contributed by atoms with Crippen molar-refractivity contribution in [3.05, 3.63) is 77.6 Å². The first kappa shape index (κ1) is 21.2. The number of hydrogen-bond acceptors (Lipinski definition) is 4. The molecule has 1 heterocycles. The first-order valence-corrected chi connectivity index (χ1v) is 9.81. The fourth-order valence-corrected chi connectivity index (χ4v) is 3.30. The molecular formula is C23H29N5O2. The maximum atomic E-state index is 5.51. The van der Waals surface area contributed by atoms with E-state index in [0.29, 0.717) is 13.1 Å². The fourth-order valence-electron chi connectivity index (χ4n) is 3.30. The van der Waals surface area contributed by atoms with Gasteiger partial charge in [-0.25, -0.2) is 0 Å². The molecule has 0 unspecified atom stereocenters. The summed E-state index contributed by atoms with van der Waals surface area (Å²) in [4.78, 5) is 6.49. The van der Waals surface area contributed by atoms with Crippen molar-refractivity contribution in [1.82, 2.24) is 20.0 Å². The molecule has 3 rings (SSSR count). The Hall–Kier alpha value is -3.48. The zero-order valence-corrected chi connectivity index (χ0v) is 18.0. The topological polar surface area (TPSA) is 63.9 Å². The van der Waals surface area contributed by atoms with Crippen LogP contribution >= 0.6 is 0 Å². The van der Waals surface area contributed by atoms with Crippen molar-refractivity contribution in [1.29, 1.82) is 0 Å². The van der Waals surface area contributed by atoms with E-state index in [-0.39, 0.29) is 0 Å². The molecule has 1 N–H and O–H groups in total. The number of benzene rings is 2. The minimum Gasteiger partial charge on any atom is -0.497 e. The monoisotopic (exact) mass is 407 g/mol. The maximum Gasteiger partial charge on any atom is 0.193 e. The van der Waals surface area contributed by atoms with E-state index in [9.17, 15) is 0 Å². The van der Waals surface area contributed by atoms with E-state index < -0.39 is 0 Å². The second kappa shape index (κ2) is 10.3. The van der Waals surface area contributed by atoms with Crippen LogP contribution in [0.1, 0.15) is 16.7 Å². The van der Waals surface area contributed by atoms with Crippen LogP contribution in [-0.4, -0.2) is 49.0 Å². The van der Waals surface area contributed by atoms with Crippen molar-refractivity contribution < 1.29 is 9.47 Å². The summed E-state index contributed by atoms with van der Waals surface area (Å²) in [6, 6.07) is 16.3. The number of methoxy groups -OCH3 is 2. The Kier molecular flexibility index (Phi) is 7.32. The lowest BCUT2D eigenvalue weighted by atomic mass is 10.1. The molecule has 0 aliphatic carbocycles. The highest BCUT2D eigenvalue weighted by molar-refractivity contribution is 5.79. The number of ether oxygens (including phenoxy) is 2. The van der Waals surface area contributed by atoms with E-state index in [1.807, 2.05) is 42.2 Å². The molecule has 0 saturated heterocycles. The molecule has 158 valence electrons. The summed E-state index contributed by atoms with van der Waals surface area (Å²) in [7, 11) is 7.11. The molecule has 30 heavy (non-hydrogen) atoms. The largest absolute Gasteiger partial charge is 0.497 e. The van der Waals surface area contributed by atoms with Gasteiger partial charge in [0.25, 0.3) is 0 Å². The lowest BCUT2D eigenvalue weighted by molar-refractivity contribution is 0.382. The van der Waals surface area contributed by atoms with Crippen LogP contribution in [0.5, 0.6) is 11.5 Å². The van der Waals surface area contributed by atoms with Gasteiger partial charge in [0.1, 0.15) is 11.5 Å². The van der Waals surface area contributed by atoms with Gasteiger partial charge in [-0.1, -0.05) is 24.3 Å². The number of nitrogens with zero attached hydrogens (tertiary/aromatic N) is 4. The second-order valence-electron chi connectivity index (χ2n) is 6.96. The number of guanidine groups is 1. The Labute approximate surface area is 178 Å². The Morgan fingerprint density at radius 3 is 2.63 bits per heavy atom. The van der Waals surface area contributed by atoms with Crippen LogP contribution in [0, 0.1) is 0 Å². The summed E-state index contributed by atoms with van der Waals surface area (Å²) in [6.45, 7) is 2.10. The highest BCUT2D eigenvalue weighted by Crippen LogP contribution is 2.25. The summed E-state index contributed by atoms with van der Waals surface area (Å²) < 4.78 is 12.7. The molecule has 0 amide bonds. The Balaban J connectivity index is 1.62. The van der Waals surface area contributed by atoms with Gasteiger partial charge in [-0.2, -0.15) is 5.10 Å². The molecule has 0 bridgehead atoms. The molecule has 0 atom stereocenters. The summed E-state index contributed by atoms with van der Waals surface area (Å²) in [6.07, 6.45) is 3.76. The van der Waals surface area contributed by atoms with Crippen LogP contribution in [0.4, 0.5) is 0 Å². The Bertz CT molecular complexity index is 969. The van der Waals surface area contributed by atoms with Gasteiger partial charge in [-0.05, 0) is 29.3 Å². The summed E-state index contributed by atoms with van der Waals surface area (Å²) >= 11 is 0. The summed E-state index contributed by atoms with van der Waals surface area (Å²) in [5, 5.41) is 7.71. The van der Waals surface area contributed by atoms with E-state index in [2.05, 4.69) is 44.6 Å². The summed E-state index contributed by atoms with van der Waals surface area (Å²) in [5.41, 5.74) is 3.46. The van der Waals surface area contributed by atoms with Crippen molar-refractivity contribution in [2.45, 2.75) is 19.6 Å². The van der Waals surface area contributed by atoms with Gasteiger partial charge in [0.2, 0.25) is 0 Å². The first-order chi connectivity index (χ1) is 14.6. The normalized spacial score (nSPS) is 11.3. The third-order valence-electron chi connectivity index (χ3n) is 4.82. The second-order valence-corrected chi connectivity index (χ2v) is 6.96. The smallest absolute Gasteiger partial charge is 0.193 e. The van der Waals surface area contributed by atoms with Gasteiger partial charge in [0.15, 0.2) is 5.96 Å². The molecule has 2 aromatic carbocycles. The molecule has 0 fully saturated rings. The molecule has 7 nitrogen and oxygen atoms in total. The van der Waals surface area contributed by atoms with Gasteiger partial charge in [0, 0.05) is 51.2 Å². The molecule has 0 radical (unpaired) electrons. The number of rotatable bonds is 8. The lowest BCUT2D eigenvalue weighted by Crippen LogP contribution is -2.38. The minimum atomic E-state index is 0.659. The van der Waals surface area contributed by atoms with Crippen LogP contribution in [0.25, 0.3) is 0 Å². The average Bonchev–Trinajstić information content (AvgIpc) is 3.27. The number of hydrogen-bond donors (Lipinski definition) is 1. The molecule has 1 aromatic heterocycles. The van der Waals surface area contributed by atoms with Crippen LogP contribution in [0.3, 0.4) is 0 Å². The van der Waals surface area contributed by atoms with Crippen molar-refractivity contribution in [2.75, 3.05) is 28.3 Å². The van der Waals surface area contributed by atoms with Gasteiger partial charge in [-0.15, -0.1) is 0 Å². The predicted octanol–water partition coefficient (Wildman–Crippen LogP) is 3.16. The lowest BCUT2D eigenvalue weighted by Gasteiger charge is -2.23. The zero-order valence-electron chi connectivity index (χ0n) is 18.0. The van der Waals surface area contributed by atoms with Crippen LogP contribution in [0.2, 0.25) is 0 Å². The van der Waals surface area contributed by atoms with Gasteiger partial charge < -0.3 is 19.7 Å². The summed E-state index contributed by atoms with van der Waals surface area (Å²) in [5.74, 6) is 2.38. The van der Waals surface area contributed by atoms with E-state index in [1.54, 1.807) is 27.5 Å². The van der Waals surface area contributed by atoms with Crippen molar-refractivity contribution >= 4 is 5.96 Å². The average molecular weight is 408 g/mol. The zero-order chi connectivity index (χ0) is 21.3. The van der Waals surface area contributed by atoms with Crippen molar-refractivity contribution in [3.8, 4) is 11.5 Å². The molecule has 0 saturated carbocycles. The molecule has 0 aliphatic rings. The van der Waals surface area contributed by atoms with Gasteiger partial charge in [-0.3, -0.25) is 9.67 Å². The van der Waals surface area contributed by atoms with Crippen molar-refractivity contribution in [2.24, 2.45) is 4.99 Å². The number of aliphatic imine (C=N–C) groups is 1. The highest BCUT2D eigenvalue weighted by atomic mass is 16.5. The molecule has 7 heteroatoms. The Morgan fingerprint density at radius 2 is 1.93 bits per heavy atom. The first-order valence-electron chi connectivity index (χ1n) is 9.81. The SMILES string of the molecule is CN=C(NCc1cccc(Cn2cccn2)c1)N(C)Cc1ccc(OC)cc1OC. The fraction of sp³-hybridized carbons (Fsp3) is 0.304. The van der Waals surface area contributed by atoms with Crippen molar-refractivity contribution in [3.63, 3.8) is 0 Å². The number of nitrogens with one attached hydrogen (secondary N) is 1. The predicted molar refractivity (Wildman–Crippen MR) is 119 cm³/mol. The molecular weight excluding hydrogens is 378 g/mol. The Morgan fingerprint density at radius 1 is 1.10 bits per heavy atom. The van der Waals surface area contributed by atoms with Gasteiger partial charge >= 0.3 is 0 Å². The molecule has 0 aliphatic heterocycles. The molecule has 0 spiro atoms. The van der Waals surface area contributed by atoms with Crippen LogP contribution < -0.4 is 14.8 Å². The van der Waals surface area contributed by atoms with Crippen LogP contribution in [0.15, 0.2) is 65.9 Å². The minimum absolute atomic E-state index is 0.659. The highest BCUT2D eigenvalue weighted by Gasteiger charge is 2.11. The maximum absolute atomic E-state index is 5.51. The third-order valence-corrected chi connectivity index (χ3v) is 4.82. The third kappa shape index (κ3) is 5.53. The quantitative estimate of drug-likeness (QED) is 0.459. The van der Waals surface area contributed by atoms with E-state index in [1.165, 1.54) is 11.1 Å². The van der Waals surface area contributed by atoms with Crippen LogP contribution in [-0.2, 0) is 19.6 Å².